The summed E-state index contributed by atoms with van der Waals surface area (Å²) in [6, 6.07) is 0. The third kappa shape index (κ3) is 2.43. The van der Waals surface area contributed by atoms with Crippen molar-refractivity contribution in [2.45, 2.75) is 26.3 Å². The molecule has 1 N–H and O–H groups in total. The molecule has 0 aliphatic carbocycles. The number of aryl methyl sites for hydroxylation is 1. The molecule has 0 unspecified atom stereocenters. The summed E-state index contributed by atoms with van der Waals surface area (Å²) in [6.07, 6.45) is 3.51. The second kappa shape index (κ2) is 4.59. The fourth-order valence-electron chi connectivity index (χ4n) is 0.978. The summed E-state index contributed by atoms with van der Waals surface area (Å²) in [4.78, 5) is 10.7. The van der Waals surface area contributed by atoms with E-state index in [2.05, 4.69) is 12.0 Å². The predicted octanol–water partition coefficient (Wildman–Crippen LogP) is 1.99. The van der Waals surface area contributed by atoms with Gasteiger partial charge in [-0.05, 0) is 29.0 Å². The van der Waals surface area contributed by atoms with Gasteiger partial charge in [0.05, 0.1) is 6.20 Å². The van der Waals surface area contributed by atoms with Crippen LogP contribution in [0.1, 0.15) is 30.1 Å². The van der Waals surface area contributed by atoms with Crippen molar-refractivity contribution in [3.05, 3.63) is 15.5 Å². The highest BCUT2D eigenvalue weighted by Crippen LogP contribution is 2.12. The first-order valence-electron chi connectivity index (χ1n) is 4.11. The van der Waals surface area contributed by atoms with Crippen LogP contribution in [0.4, 0.5) is 0 Å². The summed E-state index contributed by atoms with van der Waals surface area (Å²) in [7, 11) is 0. The van der Waals surface area contributed by atoms with Crippen molar-refractivity contribution < 1.29 is 9.90 Å². The smallest absolute Gasteiger partial charge is 0.340 e. The van der Waals surface area contributed by atoms with E-state index in [0.717, 1.165) is 19.4 Å². The van der Waals surface area contributed by atoms with Gasteiger partial charge in [-0.2, -0.15) is 5.10 Å². The summed E-state index contributed by atoms with van der Waals surface area (Å²) >= 11 is 2.01. The van der Waals surface area contributed by atoms with E-state index in [9.17, 15) is 4.79 Å². The topological polar surface area (TPSA) is 55.1 Å². The second-order valence-corrected chi connectivity index (χ2v) is 3.75. The number of carboxylic acids is 1. The van der Waals surface area contributed by atoms with Gasteiger partial charge in [0.15, 0.2) is 0 Å². The Kier molecular flexibility index (Phi) is 3.71. The molecule has 0 radical (unpaired) electrons. The van der Waals surface area contributed by atoms with Crippen LogP contribution in [0.3, 0.4) is 0 Å². The Hall–Kier alpha value is -0.590. The minimum Gasteiger partial charge on any atom is -0.478 e. The number of hydrogen-bond acceptors (Lipinski definition) is 2. The van der Waals surface area contributed by atoms with Gasteiger partial charge in [-0.3, -0.25) is 4.68 Å². The van der Waals surface area contributed by atoms with Crippen LogP contribution in [-0.2, 0) is 6.54 Å². The fourth-order valence-corrected chi connectivity index (χ4v) is 1.71. The largest absolute Gasteiger partial charge is 0.478 e. The van der Waals surface area contributed by atoms with Crippen molar-refractivity contribution >= 4 is 28.6 Å². The molecule has 0 saturated heterocycles. The van der Waals surface area contributed by atoms with Crippen molar-refractivity contribution in [3.8, 4) is 0 Å². The lowest BCUT2D eigenvalue weighted by Gasteiger charge is -2.00. The minimum atomic E-state index is -0.910. The number of hydrogen-bond donors (Lipinski definition) is 1. The molecule has 4 nitrogen and oxygen atoms in total. The Bertz CT molecular complexity index is 309. The van der Waals surface area contributed by atoms with Crippen LogP contribution in [-0.4, -0.2) is 20.9 Å². The monoisotopic (exact) mass is 294 g/mol. The molecule has 0 spiro atoms. The van der Waals surface area contributed by atoms with Gasteiger partial charge in [0, 0.05) is 6.54 Å². The Morgan fingerprint density at radius 2 is 2.46 bits per heavy atom. The van der Waals surface area contributed by atoms with Gasteiger partial charge in [-0.15, -0.1) is 0 Å². The number of rotatable bonds is 4. The lowest BCUT2D eigenvalue weighted by Crippen LogP contribution is -2.04. The standard InChI is InChI=1S/C8H11IN2O2/c1-2-3-4-11-7(9)6(5-10-11)8(12)13/h5H,2-4H2,1H3,(H,12,13). The first kappa shape index (κ1) is 10.5. The summed E-state index contributed by atoms with van der Waals surface area (Å²) in [5, 5.41) is 12.7. The molecule has 0 aliphatic rings. The summed E-state index contributed by atoms with van der Waals surface area (Å²) in [5.74, 6) is -0.910. The van der Waals surface area contributed by atoms with E-state index in [1.807, 2.05) is 22.6 Å². The minimum absolute atomic E-state index is 0.289. The molecule has 0 fully saturated rings. The van der Waals surface area contributed by atoms with Crippen LogP contribution in [0.25, 0.3) is 0 Å². The van der Waals surface area contributed by atoms with Gasteiger partial charge in [-0.25, -0.2) is 4.79 Å². The molecule has 0 aromatic carbocycles. The molecular formula is C8H11IN2O2. The molecule has 1 aromatic rings. The first-order chi connectivity index (χ1) is 6.16. The van der Waals surface area contributed by atoms with Gasteiger partial charge >= 0.3 is 5.97 Å². The van der Waals surface area contributed by atoms with E-state index in [4.69, 9.17) is 5.11 Å². The van der Waals surface area contributed by atoms with E-state index in [1.165, 1.54) is 6.20 Å². The van der Waals surface area contributed by atoms with Gasteiger partial charge in [0.25, 0.3) is 0 Å². The Morgan fingerprint density at radius 3 is 2.92 bits per heavy atom. The molecule has 0 amide bonds. The molecule has 0 aliphatic heterocycles. The zero-order valence-electron chi connectivity index (χ0n) is 7.33. The maximum absolute atomic E-state index is 10.7. The van der Waals surface area contributed by atoms with Crippen molar-refractivity contribution in [1.29, 1.82) is 0 Å². The molecule has 72 valence electrons. The number of nitrogens with zero attached hydrogens (tertiary/aromatic N) is 2. The van der Waals surface area contributed by atoms with Gasteiger partial charge in [-0.1, -0.05) is 13.3 Å². The Balaban J connectivity index is 2.80. The Morgan fingerprint density at radius 1 is 1.77 bits per heavy atom. The molecule has 1 heterocycles. The predicted molar refractivity (Wildman–Crippen MR) is 56.8 cm³/mol. The van der Waals surface area contributed by atoms with E-state index in [1.54, 1.807) is 4.68 Å². The van der Waals surface area contributed by atoms with Crippen LogP contribution >= 0.6 is 22.6 Å². The summed E-state index contributed by atoms with van der Waals surface area (Å²) in [5.41, 5.74) is 0.289. The van der Waals surface area contributed by atoms with Crippen LogP contribution in [0.2, 0.25) is 0 Å². The molecule has 1 rings (SSSR count). The molecule has 0 bridgehead atoms. The number of aromatic carboxylic acids is 1. The van der Waals surface area contributed by atoms with Gasteiger partial charge in [0.2, 0.25) is 0 Å². The number of carboxylic acid groups (broad SMARTS) is 1. The summed E-state index contributed by atoms with van der Waals surface area (Å²) in [6.45, 7) is 2.89. The number of unbranched alkanes of at least 4 members (excludes halogenated alkanes) is 1. The van der Waals surface area contributed by atoms with E-state index in [0.29, 0.717) is 3.70 Å². The third-order valence-electron chi connectivity index (χ3n) is 1.73. The molecule has 1 aromatic heterocycles. The van der Waals surface area contributed by atoms with E-state index >= 15 is 0 Å². The molecule has 5 heteroatoms. The van der Waals surface area contributed by atoms with Crippen molar-refractivity contribution in [2.75, 3.05) is 0 Å². The summed E-state index contributed by atoms with van der Waals surface area (Å²) < 4.78 is 2.44. The van der Waals surface area contributed by atoms with Crippen LogP contribution < -0.4 is 0 Å². The quantitative estimate of drug-likeness (QED) is 0.864. The maximum atomic E-state index is 10.7. The highest BCUT2D eigenvalue weighted by molar-refractivity contribution is 14.1. The highest BCUT2D eigenvalue weighted by Gasteiger charge is 2.13. The molecule has 0 atom stereocenters. The van der Waals surface area contributed by atoms with E-state index in [-0.39, 0.29) is 5.56 Å². The van der Waals surface area contributed by atoms with Crippen molar-refractivity contribution in [1.82, 2.24) is 9.78 Å². The van der Waals surface area contributed by atoms with Crippen molar-refractivity contribution in [2.24, 2.45) is 0 Å². The van der Waals surface area contributed by atoms with Crippen molar-refractivity contribution in [3.63, 3.8) is 0 Å². The van der Waals surface area contributed by atoms with Gasteiger partial charge < -0.3 is 5.11 Å². The van der Waals surface area contributed by atoms with Crippen LogP contribution in [0, 0.1) is 3.70 Å². The number of carbonyl (C=O) groups is 1. The fraction of sp³-hybridized carbons (Fsp3) is 0.500. The van der Waals surface area contributed by atoms with Gasteiger partial charge in [0.1, 0.15) is 9.26 Å². The zero-order valence-corrected chi connectivity index (χ0v) is 9.48. The van der Waals surface area contributed by atoms with Crippen LogP contribution in [0.5, 0.6) is 0 Å². The third-order valence-corrected chi connectivity index (χ3v) is 2.87. The van der Waals surface area contributed by atoms with E-state index < -0.39 is 5.97 Å². The molecule has 13 heavy (non-hydrogen) atoms. The molecular weight excluding hydrogens is 283 g/mol. The number of aromatic nitrogens is 2. The SMILES string of the molecule is CCCCn1ncc(C(=O)O)c1I. The first-order valence-corrected chi connectivity index (χ1v) is 5.19. The Labute approximate surface area is 90.1 Å². The van der Waals surface area contributed by atoms with Crippen LogP contribution in [0.15, 0.2) is 6.20 Å². The maximum Gasteiger partial charge on any atom is 0.340 e. The second-order valence-electron chi connectivity index (χ2n) is 2.73. The molecule has 0 saturated carbocycles. The lowest BCUT2D eigenvalue weighted by molar-refractivity contribution is 0.0695. The normalized spacial score (nSPS) is 10.3. The zero-order chi connectivity index (χ0) is 9.84. The number of halogens is 1. The highest BCUT2D eigenvalue weighted by atomic mass is 127. The average Bonchev–Trinajstić information content (AvgIpc) is 2.43. The lowest BCUT2D eigenvalue weighted by atomic mass is 10.3. The average molecular weight is 294 g/mol.